The fourth-order valence-corrected chi connectivity index (χ4v) is 1.74. The molecule has 5 nitrogen and oxygen atoms in total. The molecule has 18 heavy (non-hydrogen) atoms. The number of rotatable bonds is 4. The van der Waals surface area contributed by atoms with E-state index in [0.29, 0.717) is 12.2 Å². The van der Waals surface area contributed by atoms with Crippen molar-refractivity contribution in [1.82, 2.24) is 15.0 Å². The molecule has 1 heterocycles. The Labute approximate surface area is 106 Å². The van der Waals surface area contributed by atoms with Crippen LogP contribution in [0.5, 0.6) is 0 Å². The molecule has 2 rings (SSSR count). The third-order valence-corrected chi connectivity index (χ3v) is 2.59. The van der Waals surface area contributed by atoms with Gasteiger partial charge in [-0.25, -0.2) is 0 Å². The Balaban J connectivity index is 1.85. The van der Waals surface area contributed by atoms with Crippen LogP contribution in [-0.4, -0.2) is 20.9 Å². The number of carbonyl (C=O) groups is 1. The van der Waals surface area contributed by atoms with Gasteiger partial charge in [-0.1, -0.05) is 35.0 Å². The minimum atomic E-state index is -0.0444. The van der Waals surface area contributed by atoms with Crippen molar-refractivity contribution >= 4 is 11.7 Å². The highest BCUT2D eigenvalue weighted by atomic mass is 16.1. The molecule has 0 aliphatic heterocycles. The summed E-state index contributed by atoms with van der Waals surface area (Å²) in [6.45, 7) is 2.04. The molecule has 5 heteroatoms. The van der Waals surface area contributed by atoms with Crippen LogP contribution in [0.15, 0.2) is 30.5 Å². The second-order valence-corrected chi connectivity index (χ2v) is 4.31. The van der Waals surface area contributed by atoms with E-state index in [2.05, 4.69) is 21.7 Å². The van der Waals surface area contributed by atoms with Crippen LogP contribution in [0.3, 0.4) is 0 Å². The van der Waals surface area contributed by atoms with Crippen LogP contribution in [0.2, 0.25) is 0 Å². The van der Waals surface area contributed by atoms with Crippen LogP contribution in [-0.2, 0) is 18.3 Å². The predicted molar refractivity (Wildman–Crippen MR) is 69.1 cm³/mol. The van der Waals surface area contributed by atoms with Gasteiger partial charge in [-0.3, -0.25) is 9.48 Å². The van der Waals surface area contributed by atoms with Crippen molar-refractivity contribution in [2.24, 2.45) is 7.05 Å². The summed E-state index contributed by atoms with van der Waals surface area (Å²) in [5.41, 5.74) is 2.38. The fraction of sp³-hybridized carbons (Fsp3) is 0.308. The van der Waals surface area contributed by atoms with Gasteiger partial charge in [0.15, 0.2) is 5.82 Å². The predicted octanol–water partition coefficient (Wildman–Crippen LogP) is 1.69. The largest absolute Gasteiger partial charge is 0.308 e. The maximum absolute atomic E-state index is 11.7. The highest BCUT2D eigenvalue weighted by Gasteiger charge is 2.05. The van der Waals surface area contributed by atoms with Gasteiger partial charge in [-0.2, -0.15) is 0 Å². The molecule has 1 amide bonds. The zero-order valence-electron chi connectivity index (χ0n) is 10.6. The minimum absolute atomic E-state index is 0.0444. The molecule has 0 unspecified atom stereocenters. The smallest absolute Gasteiger partial charge is 0.225 e. The van der Waals surface area contributed by atoms with Gasteiger partial charge >= 0.3 is 0 Å². The molecular weight excluding hydrogens is 228 g/mol. The van der Waals surface area contributed by atoms with Crippen LogP contribution in [0.4, 0.5) is 5.82 Å². The number of carbonyl (C=O) groups excluding carboxylic acids is 1. The summed E-state index contributed by atoms with van der Waals surface area (Å²) in [5.74, 6) is 0.448. The Hall–Kier alpha value is -2.17. The Kier molecular flexibility index (Phi) is 3.72. The molecule has 0 spiro atoms. The number of nitrogens with zero attached hydrogens (tertiary/aromatic N) is 3. The van der Waals surface area contributed by atoms with E-state index in [1.54, 1.807) is 17.9 Å². The highest BCUT2D eigenvalue weighted by Crippen LogP contribution is 2.07. The van der Waals surface area contributed by atoms with E-state index < -0.39 is 0 Å². The third-order valence-electron chi connectivity index (χ3n) is 2.59. The van der Waals surface area contributed by atoms with E-state index in [1.165, 1.54) is 11.1 Å². The van der Waals surface area contributed by atoms with Crippen LogP contribution >= 0.6 is 0 Å². The van der Waals surface area contributed by atoms with Crippen LogP contribution in [0.25, 0.3) is 0 Å². The molecule has 0 aliphatic rings. The third kappa shape index (κ3) is 3.41. The molecule has 0 saturated heterocycles. The Morgan fingerprint density at radius 1 is 1.44 bits per heavy atom. The van der Waals surface area contributed by atoms with E-state index in [0.717, 1.165) is 6.42 Å². The molecule has 1 aromatic carbocycles. The van der Waals surface area contributed by atoms with Crippen molar-refractivity contribution in [1.29, 1.82) is 0 Å². The van der Waals surface area contributed by atoms with Gasteiger partial charge in [0, 0.05) is 13.5 Å². The Morgan fingerprint density at radius 3 is 2.94 bits per heavy atom. The molecule has 1 aromatic heterocycles. The lowest BCUT2D eigenvalue weighted by Gasteiger charge is -2.03. The monoisotopic (exact) mass is 244 g/mol. The van der Waals surface area contributed by atoms with Gasteiger partial charge in [0.1, 0.15) is 0 Å². The number of hydrogen-bond acceptors (Lipinski definition) is 3. The number of nitrogens with one attached hydrogen (secondary N) is 1. The first-order chi connectivity index (χ1) is 8.63. The quantitative estimate of drug-likeness (QED) is 0.890. The average Bonchev–Trinajstić information content (AvgIpc) is 2.72. The number of hydrogen-bond donors (Lipinski definition) is 1. The molecule has 0 fully saturated rings. The number of anilines is 1. The van der Waals surface area contributed by atoms with Gasteiger partial charge in [0.25, 0.3) is 0 Å². The van der Waals surface area contributed by atoms with Crippen molar-refractivity contribution in [2.45, 2.75) is 19.8 Å². The summed E-state index contributed by atoms with van der Waals surface area (Å²) in [7, 11) is 1.76. The molecule has 0 bridgehead atoms. The number of aryl methyl sites for hydroxylation is 3. The first-order valence-electron chi connectivity index (χ1n) is 5.85. The van der Waals surface area contributed by atoms with E-state index in [9.17, 15) is 4.79 Å². The summed E-state index contributed by atoms with van der Waals surface area (Å²) < 4.78 is 1.55. The van der Waals surface area contributed by atoms with Crippen molar-refractivity contribution in [3.05, 3.63) is 41.6 Å². The maximum atomic E-state index is 11.7. The molecule has 0 saturated carbocycles. The van der Waals surface area contributed by atoms with E-state index in [-0.39, 0.29) is 5.91 Å². The lowest BCUT2D eigenvalue weighted by Crippen LogP contribution is -2.12. The van der Waals surface area contributed by atoms with Crippen molar-refractivity contribution in [3.8, 4) is 0 Å². The van der Waals surface area contributed by atoms with Gasteiger partial charge in [-0.05, 0) is 18.9 Å². The number of aromatic nitrogens is 3. The Bertz CT molecular complexity index is 547. The van der Waals surface area contributed by atoms with Gasteiger partial charge in [0.2, 0.25) is 5.91 Å². The molecule has 2 aromatic rings. The molecule has 94 valence electrons. The van der Waals surface area contributed by atoms with Gasteiger partial charge in [-0.15, -0.1) is 5.10 Å². The molecular formula is C13H16N4O. The summed E-state index contributed by atoms with van der Waals surface area (Å²) in [6.07, 6.45) is 2.85. The zero-order valence-corrected chi connectivity index (χ0v) is 10.6. The van der Waals surface area contributed by atoms with Crippen molar-refractivity contribution < 1.29 is 4.79 Å². The first kappa shape index (κ1) is 12.3. The Morgan fingerprint density at radius 2 is 2.28 bits per heavy atom. The van der Waals surface area contributed by atoms with E-state index >= 15 is 0 Å². The number of amides is 1. The fourth-order valence-electron chi connectivity index (χ4n) is 1.74. The number of benzene rings is 1. The van der Waals surface area contributed by atoms with Gasteiger partial charge in [0.05, 0.1) is 6.20 Å². The second kappa shape index (κ2) is 5.44. The summed E-state index contributed by atoms with van der Waals surface area (Å²) in [5, 5.41) is 10.3. The van der Waals surface area contributed by atoms with Crippen molar-refractivity contribution in [3.63, 3.8) is 0 Å². The highest BCUT2D eigenvalue weighted by molar-refractivity contribution is 5.89. The maximum Gasteiger partial charge on any atom is 0.225 e. The lowest BCUT2D eigenvalue weighted by atomic mass is 10.1. The summed E-state index contributed by atoms with van der Waals surface area (Å²) in [4.78, 5) is 11.7. The molecule has 1 N–H and O–H groups in total. The summed E-state index contributed by atoms with van der Waals surface area (Å²) >= 11 is 0. The lowest BCUT2D eigenvalue weighted by molar-refractivity contribution is -0.116. The second-order valence-electron chi connectivity index (χ2n) is 4.31. The van der Waals surface area contributed by atoms with E-state index in [1.807, 2.05) is 25.1 Å². The average molecular weight is 244 g/mol. The normalized spacial score (nSPS) is 10.3. The molecule has 0 radical (unpaired) electrons. The molecule has 0 aliphatic carbocycles. The van der Waals surface area contributed by atoms with Crippen molar-refractivity contribution in [2.75, 3.05) is 5.32 Å². The topological polar surface area (TPSA) is 59.8 Å². The van der Waals surface area contributed by atoms with Crippen LogP contribution in [0.1, 0.15) is 17.5 Å². The molecule has 0 atom stereocenters. The standard InChI is InChI=1S/C13H16N4O/c1-10-4-3-5-11(8-10)6-7-13(18)14-12-9-17(2)16-15-12/h3-5,8-9H,6-7H2,1-2H3,(H,14,18). The SMILES string of the molecule is Cc1cccc(CCC(=O)Nc2cn(C)nn2)c1. The van der Waals surface area contributed by atoms with Gasteiger partial charge < -0.3 is 5.32 Å². The van der Waals surface area contributed by atoms with Crippen LogP contribution in [0, 0.1) is 6.92 Å². The minimum Gasteiger partial charge on any atom is -0.308 e. The van der Waals surface area contributed by atoms with E-state index in [4.69, 9.17) is 0 Å². The zero-order chi connectivity index (χ0) is 13.0. The van der Waals surface area contributed by atoms with Crippen LogP contribution < -0.4 is 5.32 Å². The first-order valence-corrected chi connectivity index (χ1v) is 5.85. The summed E-state index contributed by atoms with van der Waals surface area (Å²) in [6, 6.07) is 8.17.